The van der Waals surface area contributed by atoms with E-state index >= 15 is 0 Å². The molecule has 0 spiro atoms. The van der Waals surface area contributed by atoms with Gasteiger partial charge in [-0.05, 0) is 13.2 Å². The van der Waals surface area contributed by atoms with Crippen molar-refractivity contribution in [3.8, 4) is 5.75 Å². The van der Waals surface area contributed by atoms with E-state index in [0.29, 0.717) is 0 Å². The van der Waals surface area contributed by atoms with Gasteiger partial charge in [-0.2, -0.15) is 10.9 Å². The van der Waals surface area contributed by atoms with E-state index < -0.39 is 0 Å². The Bertz CT molecular complexity index is 437. The van der Waals surface area contributed by atoms with Gasteiger partial charge in [-0.25, -0.2) is 11.1 Å². The fraction of sp³-hybridized carbons (Fsp3) is 0.273. The summed E-state index contributed by atoms with van der Waals surface area (Å²) in [4.78, 5) is 0. The number of benzene rings is 1. The molecule has 2 nitrogen and oxygen atoms in total. The molecule has 1 aromatic heterocycles. The van der Waals surface area contributed by atoms with Crippen molar-refractivity contribution in [2.75, 3.05) is 0 Å². The standard InChI is InChI=1S/C11H11NO.Rb.Re/c1-7-4-9-10(5-8(7)2)12(3)6-11(9)13;;/h6,13H,1-3H3;;/q-2;+1;. The van der Waals surface area contributed by atoms with Crippen molar-refractivity contribution in [3.63, 3.8) is 0 Å². The Morgan fingerprint density at radius 3 is 2.33 bits per heavy atom. The van der Waals surface area contributed by atoms with Crippen LogP contribution in [0.3, 0.4) is 0 Å². The maximum Gasteiger partial charge on any atom is 1.00 e. The molecule has 0 aliphatic rings. The first-order chi connectivity index (χ1) is 6.09. The second-order valence-electron chi connectivity index (χ2n) is 3.35. The first kappa shape index (κ1) is 16.0. The van der Waals surface area contributed by atoms with Crippen LogP contribution in [0.25, 0.3) is 10.9 Å². The summed E-state index contributed by atoms with van der Waals surface area (Å²) in [6, 6.07) is 6.36. The third-order valence-electron chi connectivity index (χ3n) is 2.34. The number of nitrogens with zero attached hydrogens (tertiary/aromatic N) is 1. The number of fused-ring (bicyclic) bond motifs is 1. The van der Waals surface area contributed by atoms with Crippen LogP contribution in [0.2, 0.25) is 0 Å². The Labute approximate surface area is 152 Å². The summed E-state index contributed by atoms with van der Waals surface area (Å²) >= 11 is 0. The monoisotopic (exact) mass is 445 g/mol. The molecule has 1 aromatic carbocycles. The van der Waals surface area contributed by atoms with E-state index in [0.717, 1.165) is 22.0 Å². The van der Waals surface area contributed by atoms with Gasteiger partial charge in [-0.1, -0.05) is 6.92 Å². The molecular weight excluding hydrogens is 434 g/mol. The molecule has 0 amide bonds. The summed E-state index contributed by atoms with van der Waals surface area (Å²) in [6.07, 6.45) is 1.68. The van der Waals surface area contributed by atoms with Gasteiger partial charge in [-0.15, -0.1) is 6.92 Å². The minimum atomic E-state index is 0. The molecule has 0 atom stereocenters. The molecule has 0 aliphatic heterocycles. The van der Waals surface area contributed by atoms with Crippen molar-refractivity contribution in [3.05, 3.63) is 29.5 Å². The molecule has 0 saturated heterocycles. The van der Waals surface area contributed by atoms with Crippen molar-refractivity contribution < 1.29 is 83.7 Å². The van der Waals surface area contributed by atoms with Gasteiger partial charge in [0.2, 0.25) is 0 Å². The molecule has 0 saturated carbocycles. The first-order valence-corrected chi connectivity index (χ1v) is 4.19. The van der Waals surface area contributed by atoms with Crippen molar-refractivity contribution in [2.45, 2.75) is 13.8 Å². The molecule has 0 aliphatic carbocycles. The van der Waals surface area contributed by atoms with Gasteiger partial charge in [-0.3, -0.25) is 12.1 Å². The number of hydrogen-bond donors (Lipinski definition) is 1. The van der Waals surface area contributed by atoms with Gasteiger partial charge in [0.05, 0.1) is 0 Å². The molecule has 0 unspecified atom stereocenters. The van der Waals surface area contributed by atoms with E-state index in [-0.39, 0.29) is 84.4 Å². The summed E-state index contributed by atoms with van der Waals surface area (Å²) < 4.78 is 1.85. The maximum absolute atomic E-state index is 9.54. The smallest absolute Gasteiger partial charge is 0.562 e. The van der Waals surface area contributed by atoms with E-state index in [1.54, 1.807) is 6.20 Å². The molecule has 0 fully saturated rings. The predicted molar refractivity (Wildman–Crippen MR) is 51.7 cm³/mol. The minimum Gasteiger partial charge on any atom is -0.562 e. The Balaban J connectivity index is 0.000000980. The zero-order chi connectivity index (χ0) is 9.59. The topological polar surface area (TPSA) is 25.2 Å². The second kappa shape index (κ2) is 6.09. The van der Waals surface area contributed by atoms with Crippen molar-refractivity contribution in [1.82, 2.24) is 4.57 Å². The third-order valence-corrected chi connectivity index (χ3v) is 2.34. The molecule has 1 heterocycles. The van der Waals surface area contributed by atoms with E-state index in [1.165, 1.54) is 0 Å². The molecule has 15 heavy (non-hydrogen) atoms. The van der Waals surface area contributed by atoms with Crippen molar-refractivity contribution in [1.29, 1.82) is 0 Å². The van der Waals surface area contributed by atoms with Gasteiger partial charge in [0.15, 0.2) is 0 Å². The van der Waals surface area contributed by atoms with Crippen LogP contribution in [0.15, 0.2) is 6.20 Å². The minimum absolute atomic E-state index is 0. The van der Waals surface area contributed by atoms with Crippen LogP contribution in [0.1, 0.15) is 11.1 Å². The maximum atomic E-state index is 9.54. The second-order valence-corrected chi connectivity index (χ2v) is 3.35. The molecule has 2 rings (SSSR count). The van der Waals surface area contributed by atoms with Crippen LogP contribution in [0.5, 0.6) is 5.75 Å². The van der Waals surface area contributed by atoms with Crippen LogP contribution in [0, 0.1) is 26.0 Å². The van der Waals surface area contributed by atoms with Crippen LogP contribution in [0.4, 0.5) is 0 Å². The summed E-state index contributed by atoms with van der Waals surface area (Å²) in [5.41, 5.74) is 3.02. The summed E-state index contributed by atoms with van der Waals surface area (Å²) in [6.45, 7) is 3.97. The molecule has 0 bridgehead atoms. The zero-order valence-electron chi connectivity index (χ0n) is 9.35. The Hall–Kier alpha value is 1.03. The van der Waals surface area contributed by atoms with Crippen molar-refractivity contribution >= 4 is 10.9 Å². The van der Waals surface area contributed by atoms with Crippen molar-refractivity contribution in [2.24, 2.45) is 7.05 Å². The van der Waals surface area contributed by atoms with Crippen LogP contribution < -0.4 is 58.2 Å². The zero-order valence-corrected chi connectivity index (χ0v) is 17.0. The first-order valence-electron chi connectivity index (χ1n) is 4.19. The van der Waals surface area contributed by atoms with E-state index in [2.05, 4.69) is 12.1 Å². The van der Waals surface area contributed by atoms with Gasteiger partial charge in [0, 0.05) is 26.2 Å². The van der Waals surface area contributed by atoms with Crippen LogP contribution in [-0.4, -0.2) is 9.67 Å². The summed E-state index contributed by atoms with van der Waals surface area (Å²) in [7, 11) is 1.89. The van der Waals surface area contributed by atoms with Crippen LogP contribution in [-0.2, 0) is 27.5 Å². The number of hydrogen-bond acceptors (Lipinski definition) is 1. The summed E-state index contributed by atoms with van der Waals surface area (Å²) in [5, 5.41) is 10.3. The van der Waals surface area contributed by atoms with Gasteiger partial charge in [0.25, 0.3) is 0 Å². The Morgan fingerprint density at radius 1 is 1.20 bits per heavy atom. The average Bonchev–Trinajstić information content (AvgIpc) is 2.31. The Kier molecular flexibility index (Phi) is 6.51. The van der Waals surface area contributed by atoms with Gasteiger partial charge >= 0.3 is 58.2 Å². The van der Waals surface area contributed by atoms with Crippen LogP contribution >= 0.6 is 0 Å². The molecule has 4 heteroatoms. The van der Waals surface area contributed by atoms with E-state index in [9.17, 15) is 5.11 Å². The predicted octanol–water partition coefficient (Wildman–Crippen LogP) is -0.897. The van der Waals surface area contributed by atoms with E-state index in [1.807, 2.05) is 25.5 Å². The van der Waals surface area contributed by atoms with Gasteiger partial charge in [0.1, 0.15) is 0 Å². The summed E-state index contributed by atoms with van der Waals surface area (Å²) in [5.74, 6) is 0.275. The molecule has 2 aromatic rings. The number of rotatable bonds is 0. The Morgan fingerprint density at radius 2 is 1.73 bits per heavy atom. The molecule has 1 N–H and O–H groups in total. The number of aromatic hydroxyl groups is 1. The quantitative estimate of drug-likeness (QED) is 0.524. The fourth-order valence-electron chi connectivity index (χ4n) is 1.44. The fourth-order valence-corrected chi connectivity index (χ4v) is 1.44. The SMILES string of the molecule is Cc1[c-]c2c(O)cn(C)c2[c-]c1C.[Rb+].[Re]. The normalized spacial score (nSPS) is 9.53. The van der Waals surface area contributed by atoms with Gasteiger partial charge < -0.3 is 9.67 Å². The largest absolute Gasteiger partial charge is 1.00 e. The molecule has 1 radical (unpaired) electrons. The number of aryl methyl sites for hydroxylation is 3. The number of aromatic nitrogens is 1. The van der Waals surface area contributed by atoms with E-state index in [4.69, 9.17) is 0 Å². The molecule has 75 valence electrons. The average molecular weight is 445 g/mol. The molecular formula is C11H11NORbRe-. The third kappa shape index (κ3) is 3.03.